The zero-order chi connectivity index (χ0) is 12.4. The molecule has 2 rings (SSSR count). The van der Waals surface area contributed by atoms with Crippen molar-refractivity contribution in [3.63, 3.8) is 0 Å². The quantitative estimate of drug-likeness (QED) is 0.525. The molecule has 6 heteroatoms. The summed E-state index contributed by atoms with van der Waals surface area (Å²) in [5, 5.41) is 11.0. The molecule has 0 radical (unpaired) electrons. The fourth-order valence-corrected chi connectivity index (χ4v) is 1.76. The Hall–Kier alpha value is -0.580. The molecule has 0 heterocycles. The Morgan fingerprint density at radius 2 is 1.50 bits per heavy atom. The standard InChI is InChI=1S/C12H7Cl2NO2.Na/c13-10-5-8(6-11(14)12(10)17)15-7-1-3-9(16)4-2-7;/h1-6,16H;/q;+1/p-1. The van der Waals surface area contributed by atoms with Crippen LogP contribution in [0.5, 0.6) is 5.75 Å². The normalized spacial score (nSPS) is 14.6. The maximum atomic E-state index is 11.3. The van der Waals surface area contributed by atoms with Gasteiger partial charge in [0, 0.05) is 0 Å². The molecule has 0 saturated carbocycles. The van der Waals surface area contributed by atoms with Gasteiger partial charge < -0.3 is 5.11 Å². The van der Waals surface area contributed by atoms with Crippen molar-refractivity contribution < 1.29 is 39.5 Å². The number of hydrogen-bond donors (Lipinski definition) is 0. The van der Waals surface area contributed by atoms with Crippen LogP contribution in [-0.2, 0) is 4.79 Å². The number of carbonyl (C=O) groups excluding carboxylic acids is 1. The van der Waals surface area contributed by atoms with Gasteiger partial charge in [0.05, 0.1) is 21.5 Å². The van der Waals surface area contributed by atoms with Crippen molar-refractivity contribution in [3.05, 3.63) is 46.5 Å². The average molecular weight is 290 g/mol. The van der Waals surface area contributed by atoms with Gasteiger partial charge in [-0.15, -0.1) is 5.75 Å². The minimum absolute atomic E-state index is 0. The van der Waals surface area contributed by atoms with Crippen LogP contribution in [0, 0.1) is 0 Å². The zero-order valence-corrected chi connectivity index (χ0v) is 13.0. The van der Waals surface area contributed by atoms with Gasteiger partial charge in [-0.2, -0.15) is 0 Å². The van der Waals surface area contributed by atoms with Crippen LogP contribution < -0.4 is 34.7 Å². The van der Waals surface area contributed by atoms with E-state index < -0.39 is 5.78 Å². The van der Waals surface area contributed by atoms with Gasteiger partial charge in [0.25, 0.3) is 0 Å². The number of Topliss-reactive ketones (excluding diaryl/α,β-unsaturated/α-hetero) is 1. The molecule has 0 bridgehead atoms. The minimum atomic E-state index is -0.415. The van der Waals surface area contributed by atoms with Crippen LogP contribution in [-0.4, -0.2) is 11.5 Å². The SMILES string of the molecule is O=C1C(Cl)=CC(=Nc2ccc([O-])cc2)C=C1Cl.[Na+]. The van der Waals surface area contributed by atoms with Gasteiger partial charge in [0.15, 0.2) is 0 Å². The maximum absolute atomic E-state index is 11.3. The van der Waals surface area contributed by atoms with Crippen molar-refractivity contribution in [2.45, 2.75) is 0 Å². The molecular formula is C12H6Cl2NNaO2. The second-order valence-corrected chi connectivity index (χ2v) is 4.16. The first-order chi connectivity index (χ1) is 8.06. The molecule has 86 valence electrons. The van der Waals surface area contributed by atoms with Crippen LogP contribution in [0.25, 0.3) is 0 Å². The molecule has 0 aliphatic heterocycles. The number of hydrogen-bond acceptors (Lipinski definition) is 3. The van der Waals surface area contributed by atoms with Crippen molar-refractivity contribution in [1.29, 1.82) is 0 Å². The van der Waals surface area contributed by atoms with Crippen molar-refractivity contribution in [1.82, 2.24) is 0 Å². The third-order valence-corrected chi connectivity index (χ3v) is 2.64. The van der Waals surface area contributed by atoms with Crippen LogP contribution in [0.4, 0.5) is 5.69 Å². The van der Waals surface area contributed by atoms with Crippen LogP contribution in [0.1, 0.15) is 0 Å². The summed E-state index contributed by atoms with van der Waals surface area (Å²) in [6, 6.07) is 5.97. The van der Waals surface area contributed by atoms with Crippen molar-refractivity contribution in [3.8, 4) is 5.75 Å². The molecule has 0 atom stereocenters. The van der Waals surface area contributed by atoms with E-state index in [1.165, 1.54) is 24.3 Å². The van der Waals surface area contributed by atoms with Crippen molar-refractivity contribution in [2.75, 3.05) is 0 Å². The Morgan fingerprint density at radius 3 is 2.00 bits per heavy atom. The summed E-state index contributed by atoms with van der Waals surface area (Å²) in [5.74, 6) is -0.503. The predicted octanol–water partition coefficient (Wildman–Crippen LogP) is -0.335. The summed E-state index contributed by atoms with van der Waals surface area (Å²) in [6.07, 6.45) is 2.86. The molecule has 1 aromatic carbocycles. The molecule has 18 heavy (non-hydrogen) atoms. The van der Waals surface area contributed by atoms with Gasteiger partial charge in [0.2, 0.25) is 5.78 Å². The van der Waals surface area contributed by atoms with E-state index in [1.807, 2.05) is 0 Å². The van der Waals surface area contributed by atoms with E-state index in [0.29, 0.717) is 11.4 Å². The third-order valence-electron chi connectivity index (χ3n) is 2.08. The average Bonchev–Trinajstić information content (AvgIpc) is 2.29. The molecule has 0 saturated heterocycles. The summed E-state index contributed by atoms with van der Waals surface area (Å²) in [6.45, 7) is 0. The molecule has 1 aliphatic carbocycles. The summed E-state index contributed by atoms with van der Waals surface area (Å²) < 4.78 is 0. The number of benzene rings is 1. The Morgan fingerprint density at radius 1 is 1.00 bits per heavy atom. The van der Waals surface area contributed by atoms with E-state index in [1.54, 1.807) is 12.1 Å². The van der Waals surface area contributed by atoms with Gasteiger partial charge >= 0.3 is 29.6 Å². The molecule has 3 nitrogen and oxygen atoms in total. The molecule has 0 fully saturated rings. The second kappa shape index (κ2) is 6.55. The number of carbonyl (C=O) groups is 1. The second-order valence-electron chi connectivity index (χ2n) is 3.34. The number of rotatable bonds is 1. The summed E-state index contributed by atoms with van der Waals surface area (Å²) in [5.41, 5.74) is 1.06. The van der Waals surface area contributed by atoms with Gasteiger partial charge in [0.1, 0.15) is 0 Å². The molecule has 0 aromatic heterocycles. The maximum Gasteiger partial charge on any atom is 1.00 e. The first-order valence-corrected chi connectivity index (χ1v) is 5.47. The number of ketones is 1. The Balaban J connectivity index is 0.00000162. The van der Waals surface area contributed by atoms with E-state index in [-0.39, 0.29) is 45.4 Å². The smallest absolute Gasteiger partial charge is 0.872 e. The monoisotopic (exact) mass is 289 g/mol. The van der Waals surface area contributed by atoms with Gasteiger partial charge in [-0.3, -0.25) is 4.79 Å². The van der Waals surface area contributed by atoms with Gasteiger partial charge in [-0.25, -0.2) is 4.99 Å². The summed E-state index contributed by atoms with van der Waals surface area (Å²) in [4.78, 5) is 15.5. The fraction of sp³-hybridized carbons (Fsp3) is 0. The van der Waals surface area contributed by atoms with E-state index in [4.69, 9.17) is 23.2 Å². The van der Waals surface area contributed by atoms with Crippen LogP contribution in [0.2, 0.25) is 0 Å². The Kier molecular flexibility index (Phi) is 5.63. The van der Waals surface area contributed by atoms with Crippen molar-refractivity contribution in [2.24, 2.45) is 4.99 Å². The summed E-state index contributed by atoms with van der Waals surface area (Å²) in [7, 11) is 0. The first kappa shape index (κ1) is 15.5. The number of allylic oxidation sites excluding steroid dienone is 4. The topological polar surface area (TPSA) is 52.5 Å². The molecule has 0 amide bonds. The minimum Gasteiger partial charge on any atom is -0.872 e. The third kappa shape index (κ3) is 3.70. The largest absolute Gasteiger partial charge is 1.00 e. The molecule has 1 aromatic rings. The molecular weight excluding hydrogens is 284 g/mol. The number of halogens is 2. The Labute approximate surface area is 136 Å². The Bertz CT molecular complexity index is 538. The van der Waals surface area contributed by atoms with Gasteiger partial charge in [-0.05, 0) is 24.3 Å². The van der Waals surface area contributed by atoms with Crippen LogP contribution >= 0.6 is 23.2 Å². The zero-order valence-electron chi connectivity index (χ0n) is 9.48. The number of aliphatic imine (C=N–C) groups is 1. The first-order valence-electron chi connectivity index (χ1n) is 4.71. The molecule has 0 unspecified atom stereocenters. The van der Waals surface area contributed by atoms with Crippen LogP contribution in [0.3, 0.4) is 0 Å². The van der Waals surface area contributed by atoms with E-state index in [2.05, 4.69) is 4.99 Å². The molecule has 0 spiro atoms. The molecule has 1 aliphatic rings. The van der Waals surface area contributed by atoms with E-state index in [9.17, 15) is 9.90 Å². The molecule has 0 N–H and O–H groups in total. The van der Waals surface area contributed by atoms with E-state index in [0.717, 1.165) is 0 Å². The number of nitrogens with zero attached hydrogens (tertiary/aromatic N) is 1. The van der Waals surface area contributed by atoms with E-state index >= 15 is 0 Å². The fourth-order valence-electron chi connectivity index (χ4n) is 1.28. The van der Waals surface area contributed by atoms with Gasteiger partial charge in [-0.1, -0.05) is 35.3 Å². The summed E-state index contributed by atoms with van der Waals surface area (Å²) >= 11 is 11.4. The van der Waals surface area contributed by atoms with Crippen molar-refractivity contribution >= 4 is 40.4 Å². The predicted molar refractivity (Wildman–Crippen MR) is 65.9 cm³/mol. The van der Waals surface area contributed by atoms with Crippen LogP contribution in [0.15, 0.2) is 51.5 Å².